The van der Waals surface area contributed by atoms with Crippen molar-refractivity contribution in [3.8, 4) is 16.9 Å². The van der Waals surface area contributed by atoms with Crippen LogP contribution in [0, 0.1) is 6.92 Å². The highest BCUT2D eigenvalue weighted by molar-refractivity contribution is 7.14. The van der Waals surface area contributed by atoms with Gasteiger partial charge in [0.15, 0.2) is 0 Å². The molecule has 0 atom stereocenters. The van der Waals surface area contributed by atoms with Crippen molar-refractivity contribution in [2.45, 2.75) is 80.1 Å². The lowest BCUT2D eigenvalue weighted by molar-refractivity contribution is 0.100. The average molecular weight is 575 g/mol. The van der Waals surface area contributed by atoms with Gasteiger partial charge in [0.25, 0.3) is 5.91 Å². The number of methoxy groups -OCH3 is 1. The zero-order chi connectivity index (χ0) is 30.6. The lowest BCUT2D eigenvalue weighted by atomic mass is 10.0. The van der Waals surface area contributed by atoms with Gasteiger partial charge in [0, 0.05) is 10.4 Å². The third-order valence-corrected chi connectivity index (χ3v) is 7.82. The van der Waals surface area contributed by atoms with E-state index in [9.17, 15) is 4.79 Å². The Morgan fingerprint density at radius 3 is 1.83 bits per heavy atom. The highest BCUT2D eigenvalue weighted by atomic mass is 32.1. The van der Waals surface area contributed by atoms with Crippen molar-refractivity contribution in [1.29, 1.82) is 0 Å². The van der Waals surface area contributed by atoms with Crippen LogP contribution in [-0.4, -0.2) is 13.0 Å². The van der Waals surface area contributed by atoms with Crippen LogP contribution in [0.1, 0.15) is 85.1 Å². The van der Waals surface area contributed by atoms with Crippen molar-refractivity contribution in [1.82, 2.24) is 0 Å². The number of primary amides is 1. The fourth-order valence-electron chi connectivity index (χ4n) is 4.23. The third-order valence-electron chi connectivity index (χ3n) is 6.37. The number of hydrogen-bond donors (Lipinski definition) is 2. The maximum absolute atomic E-state index is 11.5. The molecule has 4 nitrogen and oxygen atoms in total. The maximum Gasteiger partial charge on any atom is 0.259 e. The predicted octanol–water partition coefficient (Wildman–Crippen LogP) is 9.67. The van der Waals surface area contributed by atoms with Crippen molar-refractivity contribution >= 4 is 22.9 Å². The first-order valence-electron chi connectivity index (χ1n) is 14.8. The number of aryl methyl sites for hydroxylation is 3. The van der Waals surface area contributed by atoms with Gasteiger partial charge in [-0.25, -0.2) is 0 Å². The number of carbonyl (C=O) groups is 1. The normalized spacial score (nSPS) is 9.73. The van der Waals surface area contributed by atoms with E-state index in [4.69, 9.17) is 16.2 Å². The second kappa shape index (κ2) is 20.3. The molecule has 0 spiro atoms. The van der Waals surface area contributed by atoms with Gasteiger partial charge in [-0.1, -0.05) is 114 Å². The molecule has 0 aliphatic rings. The Morgan fingerprint density at radius 2 is 1.37 bits per heavy atom. The largest absolute Gasteiger partial charge is 0.495 e. The Morgan fingerprint density at radius 1 is 0.805 bits per heavy atom. The molecule has 1 aromatic heterocycles. The quantitative estimate of drug-likeness (QED) is 0.195. The van der Waals surface area contributed by atoms with E-state index >= 15 is 0 Å². The van der Waals surface area contributed by atoms with E-state index in [1.807, 2.05) is 62.4 Å². The molecule has 4 rings (SSSR count). The molecule has 4 N–H and O–H groups in total. The number of nitrogen functional groups attached to an aromatic ring is 1. The van der Waals surface area contributed by atoms with Crippen LogP contribution < -0.4 is 16.2 Å². The second-order valence-corrected chi connectivity index (χ2v) is 10.5. The summed E-state index contributed by atoms with van der Waals surface area (Å²) in [5.74, 6) is 0.397. The van der Waals surface area contributed by atoms with Crippen LogP contribution in [0.3, 0.4) is 0 Å². The van der Waals surface area contributed by atoms with E-state index in [1.165, 1.54) is 65.0 Å². The summed E-state index contributed by atoms with van der Waals surface area (Å²) in [6.45, 7) is 12.6. The van der Waals surface area contributed by atoms with E-state index in [1.54, 1.807) is 13.2 Å². The second-order valence-electron chi connectivity index (χ2n) is 9.35. The fourth-order valence-corrected chi connectivity index (χ4v) is 5.35. The van der Waals surface area contributed by atoms with Gasteiger partial charge in [-0.2, -0.15) is 0 Å². The summed E-state index contributed by atoms with van der Waals surface area (Å²) < 4.78 is 4.92. The Bertz CT molecular complexity index is 1260. The highest BCUT2D eigenvalue weighted by Crippen LogP contribution is 2.36. The number of amides is 1. The number of hydrogen-bond acceptors (Lipinski definition) is 4. The monoisotopic (exact) mass is 574 g/mol. The minimum atomic E-state index is -0.336. The van der Waals surface area contributed by atoms with Crippen LogP contribution in [-0.2, 0) is 19.3 Å². The minimum absolute atomic E-state index is 0.336. The molecule has 0 unspecified atom stereocenters. The van der Waals surface area contributed by atoms with Gasteiger partial charge in [-0.15, -0.1) is 11.3 Å². The summed E-state index contributed by atoms with van der Waals surface area (Å²) >= 11 is 1.51. The van der Waals surface area contributed by atoms with Gasteiger partial charge >= 0.3 is 0 Å². The van der Waals surface area contributed by atoms with Gasteiger partial charge in [-0.05, 0) is 67.0 Å². The Balaban J connectivity index is 0.000000312. The summed E-state index contributed by atoms with van der Waals surface area (Å²) in [7, 11) is 1.60. The first-order chi connectivity index (χ1) is 19.9. The molecule has 4 aromatic rings. The lowest BCUT2D eigenvalue weighted by Gasteiger charge is -2.03. The standard InChI is InChI=1S/C14H15NOS.C13H20.C7H9NO.C2H6/c1-3-11-9(2)12(13(17-11)14(15)16)10-7-5-4-6-8-10;1-3-5-7-13-10-8-12(6-4-2)9-11-13;1-9-7-5-3-2-4-6(7)8;1-2/h4-8H,3H2,1-2H3,(H2,15,16);8-11H,3-7H2,1-2H3;2-5H,8H2,1H3;1-2H3. The molecule has 0 aliphatic carbocycles. The van der Waals surface area contributed by atoms with Gasteiger partial charge in [0.2, 0.25) is 0 Å². The van der Waals surface area contributed by atoms with Gasteiger partial charge in [-0.3, -0.25) is 4.79 Å². The smallest absolute Gasteiger partial charge is 0.259 e. The molecule has 0 bridgehead atoms. The van der Waals surface area contributed by atoms with Crippen molar-refractivity contribution in [2.24, 2.45) is 5.73 Å². The summed E-state index contributed by atoms with van der Waals surface area (Å²) in [5.41, 5.74) is 17.9. The molecule has 0 saturated heterocycles. The Labute approximate surface area is 252 Å². The highest BCUT2D eigenvalue weighted by Gasteiger charge is 2.18. The maximum atomic E-state index is 11.5. The molecule has 0 fully saturated rings. The number of ether oxygens (including phenoxy) is 1. The SMILES string of the molecule is CC.CCCCc1ccc(CCC)cc1.CCc1sc(C(N)=O)c(-c2ccccc2)c1C.COc1ccccc1N. The third kappa shape index (κ3) is 11.8. The zero-order valence-electron chi connectivity index (χ0n) is 26.1. The number of nitrogens with two attached hydrogens (primary N) is 2. The fraction of sp³-hybridized carbons (Fsp3) is 0.361. The average Bonchev–Trinajstić information content (AvgIpc) is 3.36. The molecule has 3 aromatic carbocycles. The van der Waals surface area contributed by atoms with Crippen LogP contribution in [0.4, 0.5) is 5.69 Å². The molecule has 0 aliphatic heterocycles. The molecular weight excluding hydrogens is 524 g/mol. The molecular formula is C36H50N2O2S. The van der Waals surface area contributed by atoms with Crippen LogP contribution in [0.2, 0.25) is 0 Å². The molecule has 222 valence electrons. The minimum Gasteiger partial charge on any atom is -0.495 e. The van der Waals surface area contributed by atoms with Crippen molar-refractivity contribution in [2.75, 3.05) is 12.8 Å². The summed E-state index contributed by atoms with van der Waals surface area (Å²) in [5, 5.41) is 0. The zero-order valence-corrected chi connectivity index (χ0v) is 26.9. The van der Waals surface area contributed by atoms with Crippen molar-refractivity contribution in [3.05, 3.63) is 105 Å². The Hall–Kier alpha value is -3.57. The topological polar surface area (TPSA) is 78.3 Å². The van der Waals surface area contributed by atoms with Crippen LogP contribution in [0.5, 0.6) is 5.75 Å². The van der Waals surface area contributed by atoms with E-state index in [-0.39, 0.29) is 5.91 Å². The van der Waals surface area contributed by atoms with E-state index in [0.29, 0.717) is 10.6 Å². The predicted molar refractivity (Wildman–Crippen MR) is 180 cm³/mol. The van der Waals surface area contributed by atoms with Gasteiger partial charge in [0.05, 0.1) is 17.7 Å². The van der Waals surface area contributed by atoms with Crippen molar-refractivity contribution < 1.29 is 9.53 Å². The molecule has 0 radical (unpaired) electrons. The van der Waals surface area contributed by atoms with Crippen LogP contribution in [0.15, 0.2) is 78.9 Å². The summed E-state index contributed by atoms with van der Waals surface area (Å²) in [4.78, 5) is 13.4. The number of rotatable bonds is 9. The van der Waals surface area contributed by atoms with Gasteiger partial charge in [0.1, 0.15) is 5.75 Å². The van der Waals surface area contributed by atoms with E-state index in [0.717, 1.165) is 23.3 Å². The van der Waals surface area contributed by atoms with Gasteiger partial charge < -0.3 is 16.2 Å². The first kappa shape index (κ1) is 35.5. The van der Waals surface area contributed by atoms with E-state index in [2.05, 4.69) is 52.0 Å². The molecule has 1 amide bonds. The number of benzene rings is 3. The summed E-state index contributed by atoms with van der Waals surface area (Å²) in [6.07, 6.45) is 7.23. The number of unbranched alkanes of at least 4 members (excludes halogenated alkanes) is 1. The number of para-hydroxylation sites is 2. The number of carbonyl (C=O) groups excluding carboxylic acids is 1. The van der Waals surface area contributed by atoms with Crippen molar-refractivity contribution in [3.63, 3.8) is 0 Å². The molecule has 5 heteroatoms. The summed E-state index contributed by atoms with van der Waals surface area (Å²) in [6, 6.07) is 26.4. The first-order valence-corrected chi connectivity index (χ1v) is 15.6. The molecule has 41 heavy (non-hydrogen) atoms. The van der Waals surface area contributed by atoms with Crippen LogP contribution >= 0.6 is 11.3 Å². The number of anilines is 1. The van der Waals surface area contributed by atoms with Crippen LogP contribution in [0.25, 0.3) is 11.1 Å². The van der Waals surface area contributed by atoms with E-state index < -0.39 is 0 Å². The lowest BCUT2D eigenvalue weighted by Crippen LogP contribution is -2.10. The number of thiophene rings is 1. The Kier molecular flexibility index (Phi) is 17.6. The molecule has 1 heterocycles. The molecule has 0 saturated carbocycles.